The van der Waals surface area contributed by atoms with E-state index in [4.69, 9.17) is 22.1 Å². The number of ether oxygens (including phenoxy) is 1. The molecule has 1 aromatic carbocycles. The Labute approximate surface area is 112 Å². The van der Waals surface area contributed by atoms with Gasteiger partial charge in [-0.1, -0.05) is 17.7 Å². The van der Waals surface area contributed by atoms with Crippen molar-refractivity contribution in [3.05, 3.63) is 28.8 Å². The largest absolute Gasteiger partial charge is 0.444 e. The van der Waals surface area contributed by atoms with Gasteiger partial charge in [0.05, 0.1) is 10.7 Å². The Morgan fingerprint density at radius 1 is 1.44 bits per heavy atom. The second-order valence-electron chi connectivity index (χ2n) is 5.15. The Kier molecular flexibility index (Phi) is 4.59. The van der Waals surface area contributed by atoms with Crippen LogP contribution in [-0.4, -0.2) is 11.7 Å². The highest BCUT2D eigenvalue weighted by atomic mass is 35.5. The molecule has 1 aromatic rings. The lowest BCUT2D eigenvalue weighted by Gasteiger charge is -2.20. The Balaban J connectivity index is 2.84. The Bertz CT molecular complexity index is 439. The molecule has 1 rings (SSSR count). The van der Waals surface area contributed by atoms with Gasteiger partial charge < -0.3 is 10.5 Å². The van der Waals surface area contributed by atoms with Crippen LogP contribution < -0.4 is 11.1 Å². The topological polar surface area (TPSA) is 64.3 Å². The summed E-state index contributed by atoms with van der Waals surface area (Å²) >= 11 is 6.01. The second kappa shape index (κ2) is 5.59. The zero-order valence-electron chi connectivity index (χ0n) is 11.1. The van der Waals surface area contributed by atoms with Crippen molar-refractivity contribution in [1.82, 2.24) is 0 Å². The summed E-state index contributed by atoms with van der Waals surface area (Å²) in [4.78, 5) is 11.6. The van der Waals surface area contributed by atoms with Gasteiger partial charge in [-0.05, 0) is 45.4 Å². The van der Waals surface area contributed by atoms with E-state index in [0.717, 1.165) is 5.56 Å². The third-order valence-electron chi connectivity index (χ3n) is 2.15. The van der Waals surface area contributed by atoms with Crippen LogP contribution in [0.3, 0.4) is 0 Å². The fourth-order valence-corrected chi connectivity index (χ4v) is 1.50. The number of nitrogens with two attached hydrogens (primary N) is 1. The van der Waals surface area contributed by atoms with Crippen LogP contribution >= 0.6 is 11.6 Å². The monoisotopic (exact) mass is 270 g/mol. The zero-order chi connectivity index (χ0) is 13.9. The molecule has 0 aliphatic carbocycles. The molecule has 1 amide bonds. The standard InChI is InChI=1S/C13H19ClN2O2/c1-8(15)9-5-6-10(14)11(7-9)16-12(17)18-13(2,3)4/h5-8H,15H2,1-4H3,(H,16,17)/t8-/m1/s1. The SMILES string of the molecule is C[C@@H](N)c1ccc(Cl)c(NC(=O)OC(C)(C)C)c1. The van der Waals surface area contributed by atoms with Gasteiger partial charge in [-0.25, -0.2) is 4.79 Å². The fraction of sp³-hybridized carbons (Fsp3) is 0.462. The molecule has 0 spiro atoms. The van der Waals surface area contributed by atoms with E-state index in [2.05, 4.69) is 5.32 Å². The molecular weight excluding hydrogens is 252 g/mol. The smallest absolute Gasteiger partial charge is 0.412 e. The number of amides is 1. The maximum absolute atomic E-state index is 11.6. The van der Waals surface area contributed by atoms with E-state index in [-0.39, 0.29) is 6.04 Å². The van der Waals surface area contributed by atoms with E-state index >= 15 is 0 Å². The highest BCUT2D eigenvalue weighted by Gasteiger charge is 2.17. The first-order chi connectivity index (χ1) is 8.19. The van der Waals surface area contributed by atoms with Crippen molar-refractivity contribution in [2.75, 3.05) is 5.32 Å². The lowest BCUT2D eigenvalue weighted by Crippen LogP contribution is -2.27. The van der Waals surface area contributed by atoms with Gasteiger partial charge in [-0.15, -0.1) is 0 Å². The Hall–Kier alpha value is -1.26. The molecule has 0 heterocycles. The quantitative estimate of drug-likeness (QED) is 0.861. The third-order valence-corrected chi connectivity index (χ3v) is 2.48. The lowest BCUT2D eigenvalue weighted by atomic mass is 10.1. The maximum Gasteiger partial charge on any atom is 0.412 e. The van der Waals surface area contributed by atoms with Crippen molar-refractivity contribution in [2.45, 2.75) is 39.3 Å². The van der Waals surface area contributed by atoms with Gasteiger partial charge in [-0.2, -0.15) is 0 Å². The van der Waals surface area contributed by atoms with E-state index < -0.39 is 11.7 Å². The molecule has 0 saturated carbocycles. The van der Waals surface area contributed by atoms with Crippen LogP contribution in [0.25, 0.3) is 0 Å². The van der Waals surface area contributed by atoms with Crippen molar-refractivity contribution in [1.29, 1.82) is 0 Å². The number of nitrogens with one attached hydrogen (secondary N) is 1. The van der Waals surface area contributed by atoms with Crippen LogP contribution in [-0.2, 0) is 4.74 Å². The van der Waals surface area contributed by atoms with E-state index in [9.17, 15) is 4.79 Å². The molecule has 4 nitrogen and oxygen atoms in total. The summed E-state index contributed by atoms with van der Waals surface area (Å²) in [5.41, 5.74) is 6.63. The van der Waals surface area contributed by atoms with Crippen molar-refractivity contribution in [3.63, 3.8) is 0 Å². The fourth-order valence-electron chi connectivity index (χ4n) is 1.34. The maximum atomic E-state index is 11.6. The summed E-state index contributed by atoms with van der Waals surface area (Å²) in [6.45, 7) is 7.26. The highest BCUT2D eigenvalue weighted by molar-refractivity contribution is 6.33. The molecule has 3 N–H and O–H groups in total. The van der Waals surface area contributed by atoms with Crippen LogP contribution in [0.2, 0.25) is 5.02 Å². The molecule has 0 aromatic heterocycles. The molecule has 0 unspecified atom stereocenters. The summed E-state index contributed by atoms with van der Waals surface area (Å²) in [5, 5.41) is 3.06. The first-order valence-corrected chi connectivity index (χ1v) is 6.12. The first-order valence-electron chi connectivity index (χ1n) is 5.74. The average molecular weight is 271 g/mol. The summed E-state index contributed by atoms with van der Waals surface area (Å²) in [6, 6.07) is 5.15. The predicted molar refractivity (Wildman–Crippen MR) is 73.9 cm³/mol. The van der Waals surface area contributed by atoms with E-state index in [1.807, 2.05) is 13.0 Å². The third kappa shape index (κ3) is 4.55. The Morgan fingerprint density at radius 2 is 2.06 bits per heavy atom. The predicted octanol–water partition coefficient (Wildman–Crippen LogP) is 3.71. The van der Waals surface area contributed by atoms with Gasteiger partial charge in [0.1, 0.15) is 5.60 Å². The van der Waals surface area contributed by atoms with E-state index in [1.54, 1.807) is 32.9 Å². The number of anilines is 1. The number of carbonyl (C=O) groups is 1. The number of benzene rings is 1. The molecule has 100 valence electrons. The minimum atomic E-state index is -0.546. The molecular formula is C13H19ClN2O2. The number of hydrogen-bond donors (Lipinski definition) is 2. The molecule has 1 atom stereocenters. The van der Waals surface area contributed by atoms with Crippen molar-refractivity contribution < 1.29 is 9.53 Å². The van der Waals surface area contributed by atoms with Gasteiger partial charge >= 0.3 is 6.09 Å². The summed E-state index contributed by atoms with van der Waals surface area (Å²) in [5.74, 6) is 0. The zero-order valence-corrected chi connectivity index (χ0v) is 11.8. The van der Waals surface area contributed by atoms with Gasteiger partial charge in [-0.3, -0.25) is 5.32 Å². The molecule has 0 fully saturated rings. The second-order valence-corrected chi connectivity index (χ2v) is 5.56. The van der Waals surface area contributed by atoms with Crippen LogP contribution in [0.5, 0.6) is 0 Å². The van der Waals surface area contributed by atoms with Crippen molar-refractivity contribution in [3.8, 4) is 0 Å². The Morgan fingerprint density at radius 3 is 2.56 bits per heavy atom. The van der Waals surface area contributed by atoms with E-state index in [0.29, 0.717) is 10.7 Å². The van der Waals surface area contributed by atoms with Crippen molar-refractivity contribution in [2.24, 2.45) is 5.73 Å². The molecule has 0 aliphatic rings. The van der Waals surface area contributed by atoms with Crippen molar-refractivity contribution >= 4 is 23.4 Å². The van der Waals surface area contributed by atoms with Gasteiger partial charge in [0.15, 0.2) is 0 Å². The first kappa shape index (κ1) is 14.8. The van der Waals surface area contributed by atoms with Crippen LogP contribution in [0.4, 0.5) is 10.5 Å². The van der Waals surface area contributed by atoms with E-state index in [1.165, 1.54) is 0 Å². The van der Waals surface area contributed by atoms with Gasteiger partial charge in [0.25, 0.3) is 0 Å². The summed E-state index contributed by atoms with van der Waals surface area (Å²) in [6.07, 6.45) is -0.536. The summed E-state index contributed by atoms with van der Waals surface area (Å²) < 4.78 is 5.16. The van der Waals surface area contributed by atoms with Crippen LogP contribution in [0.15, 0.2) is 18.2 Å². The van der Waals surface area contributed by atoms with Gasteiger partial charge in [0.2, 0.25) is 0 Å². The minimum absolute atomic E-state index is 0.124. The number of hydrogen-bond acceptors (Lipinski definition) is 3. The molecule has 0 bridgehead atoms. The molecule has 0 saturated heterocycles. The normalized spacial score (nSPS) is 13.0. The van der Waals surface area contributed by atoms with Crippen LogP contribution in [0, 0.1) is 0 Å². The molecule has 5 heteroatoms. The minimum Gasteiger partial charge on any atom is -0.444 e. The molecule has 18 heavy (non-hydrogen) atoms. The van der Waals surface area contributed by atoms with Crippen LogP contribution in [0.1, 0.15) is 39.3 Å². The number of rotatable bonds is 2. The molecule has 0 aliphatic heterocycles. The molecule has 0 radical (unpaired) electrons. The lowest BCUT2D eigenvalue weighted by molar-refractivity contribution is 0.0636. The van der Waals surface area contributed by atoms with Gasteiger partial charge in [0, 0.05) is 6.04 Å². The summed E-state index contributed by atoms with van der Waals surface area (Å²) in [7, 11) is 0. The number of halogens is 1. The number of carbonyl (C=O) groups excluding carboxylic acids is 1. The average Bonchev–Trinajstić information content (AvgIpc) is 2.18. The highest BCUT2D eigenvalue weighted by Crippen LogP contribution is 2.25.